The number of ether oxygens (including phenoxy) is 2. The van der Waals surface area contributed by atoms with Crippen LogP contribution in [-0.2, 0) is 11.2 Å². The van der Waals surface area contributed by atoms with Crippen molar-refractivity contribution in [1.82, 2.24) is 10.2 Å². The van der Waals surface area contributed by atoms with E-state index in [0.717, 1.165) is 56.4 Å². The van der Waals surface area contributed by atoms with Gasteiger partial charge in [0.15, 0.2) is 11.5 Å². The Hall–Kier alpha value is -2.56. The van der Waals surface area contributed by atoms with E-state index in [1.54, 1.807) is 25.6 Å². The number of thiophene rings is 1. The minimum Gasteiger partial charge on any atom is -0.493 e. The van der Waals surface area contributed by atoms with Crippen LogP contribution in [0.2, 0.25) is 0 Å². The molecule has 2 aromatic rings. The number of fused-ring (bicyclic) bond motifs is 1. The van der Waals surface area contributed by atoms with Crippen molar-refractivity contribution in [3.8, 4) is 17.6 Å². The fourth-order valence-corrected chi connectivity index (χ4v) is 5.74. The van der Waals surface area contributed by atoms with Crippen molar-refractivity contribution in [3.63, 3.8) is 0 Å². The molecule has 2 aliphatic rings. The molecule has 0 bridgehead atoms. The maximum Gasteiger partial charge on any atom is 0.235 e. The number of methoxy groups -OCH3 is 2. The standard InChI is InChI=1S/C24H29N3O3S/c1-29-19-13-17-8-11-27(15-22(28)26-24(16-25)9-4-3-5-10-24)23(21-7-6-12-31-21)18(17)14-20(19)30-2/h6-7,12-14,23H,3-5,8-11,15H2,1-2H3,(H,26,28)/t23-/m1/s1. The molecule has 4 rings (SSSR count). The summed E-state index contributed by atoms with van der Waals surface area (Å²) in [5.41, 5.74) is 1.65. The predicted octanol–water partition coefficient (Wildman–Crippen LogP) is 4.06. The van der Waals surface area contributed by atoms with E-state index in [1.807, 2.05) is 12.1 Å². The van der Waals surface area contributed by atoms with Gasteiger partial charge in [0, 0.05) is 11.4 Å². The fourth-order valence-electron chi connectivity index (χ4n) is 4.86. The molecule has 1 aromatic heterocycles. The lowest BCUT2D eigenvalue weighted by molar-refractivity contribution is -0.124. The van der Waals surface area contributed by atoms with E-state index in [0.29, 0.717) is 5.75 Å². The third-order valence-corrected chi connectivity index (χ3v) is 7.36. The second-order valence-corrected chi connectivity index (χ2v) is 9.33. The molecule has 1 aliphatic heterocycles. The van der Waals surface area contributed by atoms with Crippen LogP contribution in [0.1, 0.15) is 54.1 Å². The van der Waals surface area contributed by atoms with Crippen molar-refractivity contribution >= 4 is 17.2 Å². The minimum absolute atomic E-state index is 0.0290. The molecular weight excluding hydrogens is 410 g/mol. The predicted molar refractivity (Wildman–Crippen MR) is 121 cm³/mol. The normalized spacial score (nSPS) is 20.4. The second-order valence-electron chi connectivity index (χ2n) is 8.35. The average Bonchev–Trinajstić information content (AvgIpc) is 3.33. The van der Waals surface area contributed by atoms with E-state index in [2.05, 4.69) is 33.8 Å². The molecule has 0 spiro atoms. The summed E-state index contributed by atoms with van der Waals surface area (Å²) in [5, 5.41) is 14.9. The molecule has 7 heteroatoms. The Morgan fingerprint density at radius 3 is 2.65 bits per heavy atom. The zero-order chi connectivity index (χ0) is 21.8. The summed E-state index contributed by atoms with van der Waals surface area (Å²) in [4.78, 5) is 16.4. The Kier molecular flexibility index (Phi) is 6.49. The summed E-state index contributed by atoms with van der Waals surface area (Å²) >= 11 is 1.69. The minimum atomic E-state index is -0.710. The first-order valence-electron chi connectivity index (χ1n) is 10.8. The fraction of sp³-hybridized carbons (Fsp3) is 0.500. The highest BCUT2D eigenvalue weighted by Gasteiger charge is 2.36. The Bertz CT molecular complexity index is 961. The Labute approximate surface area is 187 Å². The molecule has 1 aliphatic carbocycles. The molecule has 6 nitrogen and oxygen atoms in total. The lowest BCUT2D eigenvalue weighted by Crippen LogP contribution is -2.52. The number of benzene rings is 1. The van der Waals surface area contributed by atoms with Gasteiger partial charge in [-0.1, -0.05) is 25.3 Å². The number of rotatable bonds is 6. The summed E-state index contributed by atoms with van der Waals surface area (Å²) in [6.07, 6.45) is 5.42. The highest BCUT2D eigenvalue weighted by Crippen LogP contribution is 2.42. The van der Waals surface area contributed by atoms with E-state index in [1.165, 1.54) is 10.4 Å². The topological polar surface area (TPSA) is 74.6 Å². The Morgan fingerprint density at radius 2 is 2.00 bits per heavy atom. The second kappa shape index (κ2) is 9.29. The van der Waals surface area contributed by atoms with E-state index in [-0.39, 0.29) is 18.5 Å². The van der Waals surface area contributed by atoms with E-state index >= 15 is 0 Å². The van der Waals surface area contributed by atoms with Gasteiger partial charge < -0.3 is 14.8 Å². The van der Waals surface area contributed by atoms with Crippen LogP contribution in [0.5, 0.6) is 11.5 Å². The summed E-state index contributed by atoms with van der Waals surface area (Å²) in [6.45, 7) is 1.03. The first kappa shape index (κ1) is 21.7. The summed E-state index contributed by atoms with van der Waals surface area (Å²) in [7, 11) is 3.29. The molecule has 0 unspecified atom stereocenters. The third-order valence-electron chi connectivity index (χ3n) is 6.43. The van der Waals surface area contributed by atoms with E-state index < -0.39 is 5.54 Å². The van der Waals surface area contributed by atoms with Gasteiger partial charge in [-0.3, -0.25) is 9.69 Å². The number of nitrogens with one attached hydrogen (secondary N) is 1. The quantitative estimate of drug-likeness (QED) is 0.735. The van der Waals surface area contributed by atoms with Crippen LogP contribution in [0.25, 0.3) is 0 Å². The van der Waals surface area contributed by atoms with Crippen LogP contribution in [-0.4, -0.2) is 43.7 Å². The van der Waals surface area contributed by atoms with Crippen LogP contribution in [0.3, 0.4) is 0 Å². The first-order valence-corrected chi connectivity index (χ1v) is 11.7. The van der Waals surface area contributed by atoms with Crippen molar-refractivity contribution in [2.75, 3.05) is 27.3 Å². The number of hydrogen-bond acceptors (Lipinski definition) is 6. The van der Waals surface area contributed by atoms with Crippen molar-refractivity contribution in [1.29, 1.82) is 5.26 Å². The van der Waals surface area contributed by atoms with Crippen molar-refractivity contribution in [2.45, 2.75) is 50.1 Å². The largest absolute Gasteiger partial charge is 0.493 e. The van der Waals surface area contributed by atoms with Crippen LogP contribution in [0, 0.1) is 11.3 Å². The van der Waals surface area contributed by atoms with Crippen molar-refractivity contribution < 1.29 is 14.3 Å². The maximum absolute atomic E-state index is 13.0. The van der Waals surface area contributed by atoms with Gasteiger partial charge in [0.05, 0.1) is 32.9 Å². The van der Waals surface area contributed by atoms with Crippen molar-refractivity contribution in [3.05, 3.63) is 45.6 Å². The summed E-state index contributed by atoms with van der Waals surface area (Å²) in [6, 6.07) is 10.6. The molecule has 1 amide bonds. The maximum atomic E-state index is 13.0. The summed E-state index contributed by atoms with van der Waals surface area (Å²) in [5.74, 6) is 1.35. The van der Waals surface area contributed by atoms with E-state index in [4.69, 9.17) is 9.47 Å². The number of amides is 1. The zero-order valence-corrected chi connectivity index (χ0v) is 19.0. The lowest BCUT2D eigenvalue weighted by atomic mass is 9.83. The van der Waals surface area contributed by atoms with Gasteiger partial charge in [0.25, 0.3) is 0 Å². The molecule has 31 heavy (non-hydrogen) atoms. The van der Waals surface area contributed by atoms with E-state index in [9.17, 15) is 10.1 Å². The van der Waals surface area contributed by atoms with Gasteiger partial charge >= 0.3 is 0 Å². The van der Waals surface area contributed by atoms with Gasteiger partial charge in [0.2, 0.25) is 5.91 Å². The average molecular weight is 440 g/mol. The van der Waals surface area contributed by atoms with Gasteiger partial charge in [-0.2, -0.15) is 5.26 Å². The molecule has 0 radical (unpaired) electrons. The molecular formula is C24H29N3O3S. The molecule has 1 N–H and O–H groups in total. The number of hydrogen-bond donors (Lipinski definition) is 1. The molecule has 1 saturated carbocycles. The van der Waals surface area contributed by atoms with Crippen LogP contribution < -0.4 is 14.8 Å². The number of carbonyl (C=O) groups is 1. The molecule has 1 aromatic carbocycles. The molecule has 164 valence electrons. The molecule has 1 fully saturated rings. The molecule has 0 saturated heterocycles. The monoisotopic (exact) mass is 439 g/mol. The number of nitrogens with zero attached hydrogens (tertiary/aromatic N) is 2. The number of nitriles is 1. The van der Waals surface area contributed by atoms with Gasteiger partial charge in [-0.15, -0.1) is 11.3 Å². The highest BCUT2D eigenvalue weighted by molar-refractivity contribution is 7.10. The van der Waals surface area contributed by atoms with Gasteiger partial charge in [-0.25, -0.2) is 0 Å². The smallest absolute Gasteiger partial charge is 0.235 e. The first-order chi connectivity index (χ1) is 15.1. The third kappa shape index (κ3) is 4.41. The highest BCUT2D eigenvalue weighted by atomic mass is 32.1. The molecule has 2 heterocycles. The summed E-state index contributed by atoms with van der Waals surface area (Å²) < 4.78 is 11.1. The zero-order valence-electron chi connectivity index (χ0n) is 18.1. The number of carbonyl (C=O) groups excluding carboxylic acids is 1. The molecule has 1 atom stereocenters. The Morgan fingerprint density at radius 1 is 1.26 bits per heavy atom. The van der Waals surface area contributed by atoms with Crippen LogP contribution in [0.4, 0.5) is 0 Å². The lowest BCUT2D eigenvalue weighted by Gasteiger charge is -2.38. The van der Waals surface area contributed by atoms with Crippen molar-refractivity contribution in [2.24, 2.45) is 0 Å². The van der Waals surface area contributed by atoms with Gasteiger partial charge in [0.1, 0.15) is 5.54 Å². The van der Waals surface area contributed by atoms with Crippen LogP contribution >= 0.6 is 11.3 Å². The van der Waals surface area contributed by atoms with Crippen LogP contribution in [0.15, 0.2) is 29.6 Å². The Balaban J connectivity index is 1.61. The van der Waals surface area contributed by atoms with Gasteiger partial charge in [-0.05, 0) is 54.0 Å². The SMILES string of the molecule is COc1cc2c(cc1OC)[C@H](c1cccs1)N(CC(=O)NC1(C#N)CCCCC1)CC2.